The fourth-order valence-corrected chi connectivity index (χ4v) is 0.795. The Bertz CT molecular complexity index is 169. The van der Waals surface area contributed by atoms with Crippen molar-refractivity contribution in [2.24, 2.45) is 0 Å². The highest BCUT2D eigenvalue weighted by atomic mass is 16.3. The van der Waals surface area contributed by atoms with E-state index in [9.17, 15) is 0 Å². The number of imidazole rings is 1. The highest BCUT2D eigenvalue weighted by Crippen LogP contribution is 2.05. The Kier molecular flexibility index (Phi) is 2.42. The Labute approximate surface area is 59.3 Å². The SMILES string of the molecule is CNC(CO)c1c[nH]cn1. The number of aliphatic hydroxyl groups is 1. The van der Waals surface area contributed by atoms with Crippen molar-refractivity contribution < 1.29 is 5.11 Å². The molecule has 0 aliphatic heterocycles. The van der Waals surface area contributed by atoms with Crippen LogP contribution >= 0.6 is 0 Å². The lowest BCUT2D eigenvalue weighted by Crippen LogP contribution is -2.20. The van der Waals surface area contributed by atoms with E-state index in [0.29, 0.717) is 0 Å². The molecule has 56 valence electrons. The Balaban J connectivity index is 2.64. The van der Waals surface area contributed by atoms with Gasteiger partial charge in [0.2, 0.25) is 0 Å². The number of nitrogens with zero attached hydrogens (tertiary/aromatic N) is 1. The lowest BCUT2D eigenvalue weighted by Gasteiger charge is -2.08. The van der Waals surface area contributed by atoms with E-state index in [1.54, 1.807) is 19.6 Å². The first-order valence-electron chi connectivity index (χ1n) is 3.15. The van der Waals surface area contributed by atoms with Gasteiger partial charge in [-0.1, -0.05) is 0 Å². The minimum absolute atomic E-state index is 0.0498. The van der Waals surface area contributed by atoms with E-state index in [-0.39, 0.29) is 12.6 Å². The average Bonchev–Trinajstić information content (AvgIpc) is 2.43. The van der Waals surface area contributed by atoms with E-state index in [2.05, 4.69) is 15.3 Å². The number of rotatable bonds is 3. The van der Waals surface area contributed by atoms with E-state index < -0.39 is 0 Å². The van der Waals surface area contributed by atoms with Crippen molar-refractivity contribution in [2.75, 3.05) is 13.7 Å². The van der Waals surface area contributed by atoms with Gasteiger partial charge >= 0.3 is 0 Å². The van der Waals surface area contributed by atoms with Crippen LogP contribution in [0.1, 0.15) is 11.7 Å². The van der Waals surface area contributed by atoms with E-state index >= 15 is 0 Å². The summed E-state index contributed by atoms with van der Waals surface area (Å²) >= 11 is 0. The van der Waals surface area contributed by atoms with Gasteiger partial charge in [0.1, 0.15) is 0 Å². The summed E-state index contributed by atoms with van der Waals surface area (Å²) in [6.45, 7) is 0.0708. The molecule has 0 bridgehead atoms. The second kappa shape index (κ2) is 3.34. The Morgan fingerprint density at radius 1 is 1.90 bits per heavy atom. The molecule has 10 heavy (non-hydrogen) atoms. The van der Waals surface area contributed by atoms with Crippen LogP contribution in [0, 0.1) is 0 Å². The van der Waals surface area contributed by atoms with Gasteiger partial charge in [-0.3, -0.25) is 0 Å². The number of likely N-dealkylation sites (N-methyl/N-ethyl adjacent to an activating group) is 1. The van der Waals surface area contributed by atoms with Crippen molar-refractivity contribution >= 4 is 0 Å². The first kappa shape index (κ1) is 7.24. The second-order valence-corrected chi connectivity index (χ2v) is 2.02. The molecule has 0 aliphatic rings. The van der Waals surface area contributed by atoms with Crippen LogP contribution in [0.5, 0.6) is 0 Å². The van der Waals surface area contributed by atoms with Crippen LogP contribution in [0.3, 0.4) is 0 Å². The number of hydrogen-bond donors (Lipinski definition) is 3. The van der Waals surface area contributed by atoms with Gasteiger partial charge in [-0.05, 0) is 7.05 Å². The smallest absolute Gasteiger partial charge is 0.0923 e. The van der Waals surface area contributed by atoms with Crippen LogP contribution in [0.15, 0.2) is 12.5 Å². The largest absolute Gasteiger partial charge is 0.394 e. The molecular weight excluding hydrogens is 130 g/mol. The van der Waals surface area contributed by atoms with E-state index in [4.69, 9.17) is 5.11 Å². The van der Waals surface area contributed by atoms with Crippen molar-refractivity contribution in [3.63, 3.8) is 0 Å². The molecule has 1 aromatic heterocycles. The van der Waals surface area contributed by atoms with Gasteiger partial charge in [0, 0.05) is 6.20 Å². The van der Waals surface area contributed by atoms with Gasteiger partial charge in [-0.25, -0.2) is 4.98 Å². The molecule has 0 saturated heterocycles. The summed E-state index contributed by atoms with van der Waals surface area (Å²) in [5.74, 6) is 0. The predicted octanol–water partition coefficient (Wildman–Crippen LogP) is -0.338. The third-order valence-corrected chi connectivity index (χ3v) is 1.41. The van der Waals surface area contributed by atoms with Gasteiger partial charge < -0.3 is 15.4 Å². The van der Waals surface area contributed by atoms with E-state index in [1.807, 2.05) is 0 Å². The number of aromatic amines is 1. The van der Waals surface area contributed by atoms with Crippen molar-refractivity contribution in [3.05, 3.63) is 18.2 Å². The number of hydrogen-bond acceptors (Lipinski definition) is 3. The summed E-state index contributed by atoms with van der Waals surface area (Å²) in [6, 6.07) is -0.0498. The maximum absolute atomic E-state index is 8.78. The quantitative estimate of drug-likeness (QED) is 0.539. The highest BCUT2D eigenvalue weighted by Gasteiger charge is 2.07. The minimum atomic E-state index is -0.0498. The lowest BCUT2D eigenvalue weighted by molar-refractivity contribution is 0.249. The average molecular weight is 141 g/mol. The lowest BCUT2D eigenvalue weighted by atomic mass is 10.2. The van der Waals surface area contributed by atoms with Gasteiger partial charge in [0.25, 0.3) is 0 Å². The van der Waals surface area contributed by atoms with Crippen LogP contribution < -0.4 is 5.32 Å². The molecule has 0 aromatic carbocycles. The van der Waals surface area contributed by atoms with Crippen LogP contribution in [0.4, 0.5) is 0 Å². The monoisotopic (exact) mass is 141 g/mol. The minimum Gasteiger partial charge on any atom is -0.394 e. The number of aromatic nitrogens is 2. The Morgan fingerprint density at radius 3 is 3.10 bits per heavy atom. The van der Waals surface area contributed by atoms with Crippen LogP contribution in [-0.4, -0.2) is 28.7 Å². The molecule has 1 heterocycles. The molecule has 0 spiro atoms. The molecule has 0 radical (unpaired) electrons. The normalized spacial score (nSPS) is 13.4. The van der Waals surface area contributed by atoms with Crippen molar-refractivity contribution in [2.45, 2.75) is 6.04 Å². The maximum atomic E-state index is 8.78. The molecule has 3 N–H and O–H groups in total. The van der Waals surface area contributed by atoms with Crippen LogP contribution in [-0.2, 0) is 0 Å². The van der Waals surface area contributed by atoms with E-state index in [0.717, 1.165) is 5.69 Å². The molecule has 0 fully saturated rings. The summed E-state index contributed by atoms with van der Waals surface area (Å²) in [4.78, 5) is 6.80. The van der Waals surface area contributed by atoms with Crippen molar-refractivity contribution in [3.8, 4) is 0 Å². The van der Waals surface area contributed by atoms with Crippen molar-refractivity contribution in [1.82, 2.24) is 15.3 Å². The third-order valence-electron chi connectivity index (χ3n) is 1.41. The van der Waals surface area contributed by atoms with Gasteiger partial charge in [-0.2, -0.15) is 0 Å². The summed E-state index contributed by atoms with van der Waals surface area (Å²) in [5.41, 5.74) is 0.838. The summed E-state index contributed by atoms with van der Waals surface area (Å²) in [5, 5.41) is 11.7. The van der Waals surface area contributed by atoms with Crippen LogP contribution in [0.2, 0.25) is 0 Å². The predicted molar refractivity (Wildman–Crippen MR) is 37.5 cm³/mol. The van der Waals surface area contributed by atoms with Crippen LogP contribution in [0.25, 0.3) is 0 Å². The number of H-pyrrole nitrogens is 1. The molecule has 0 saturated carbocycles. The van der Waals surface area contributed by atoms with Crippen molar-refractivity contribution in [1.29, 1.82) is 0 Å². The Hall–Kier alpha value is -0.870. The molecule has 4 heteroatoms. The molecule has 1 aromatic rings. The number of nitrogens with one attached hydrogen (secondary N) is 2. The molecular formula is C6H11N3O. The summed E-state index contributed by atoms with van der Waals surface area (Å²) < 4.78 is 0. The zero-order valence-electron chi connectivity index (χ0n) is 5.83. The Morgan fingerprint density at radius 2 is 2.70 bits per heavy atom. The fourth-order valence-electron chi connectivity index (χ4n) is 0.795. The summed E-state index contributed by atoms with van der Waals surface area (Å²) in [7, 11) is 1.79. The fraction of sp³-hybridized carbons (Fsp3) is 0.500. The van der Waals surface area contributed by atoms with Gasteiger partial charge in [-0.15, -0.1) is 0 Å². The first-order chi connectivity index (χ1) is 4.88. The second-order valence-electron chi connectivity index (χ2n) is 2.02. The first-order valence-corrected chi connectivity index (χ1v) is 3.15. The van der Waals surface area contributed by atoms with Gasteiger partial charge in [0.15, 0.2) is 0 Å². The summed E-state index contributed by atoms with van der Waals surface area (Å²) in [6.07, 6.45) is 3.35. The highest BCUT2D eigenvalue weighted by molar-refractivity contribution is 5.01. The molecule has 1 unspecified atom stereocenters. The molecule has 1 rings (SSSR count). The molecule has 1 atom stereocenters. The molecule has 0 amide bonds. The molecule has 4 nitrogen and oxygen atoms in total. The van der Waals surface area contributed by atoms with Gasteiger partial charge in [0.05, 0.1) is 24.7 Å². The molecule has 0 aliphatic carbocycles. The number of aliphatic hydroxyl groups excluding tert-OH is 1. The standard InChI is InChI=1S/C6H11N3O/c1-7-6(3-10)5-2-8-4-9-5/h2,4,6-7,10H,3H2,1H3,(H,8,9). The maximum Gasteiger partial charge on any atom is 0.0923 e. The third kappa shape index (κ3) is 1.34. The van der Waals surface area contributed by atoms with E-state index in [1.165, 1.54) is 0 Å². The zero-order valence-corrected chi connectivity index (χ0v) is 5.83. The topological polar surface area (TPSA) is 60.9 Å². The zero-order chi connectivity index (χ0) is 7.40.